The molecule has 1 fully saturated rings. The van der Waals surface area contributed by atoms with Gasteiger partial charge < -0.3 is 29.5 Å². The van der Waals surface area contributed by atoms with E-state index in [0.717, 1.165) is 29.8 Å². The van der Waals surface area contributed by atoms with Gasteiger partial charge in [0.2, 0.25) is 0 Å². The maximum absolute atomic E-state index is 13.4. The molecule has 0 atom stereocenters. The monoisotopic (exact) mass is 634 g/mol. The smallest absolute Gasteiger partial charge is 0.409 e. The van der Waals surface area contributed by atoms with Gasteiger partial charge in [-0.25, -0.2) is 4.79 Å². The average molecular weight is 635 g/mol. The first-order valence-corrected chi connectivity index (χ1v) is 16.0. The summed E-state index contributed by atoms with van der Waals surface area (Å²) in [7, 11) is 3.75. The van der Waals surface area contributed by atoms with Crippen LogP contribution in [-0.4, -0.2) is 81.2 Å². The summed E-state index contributed by atoms with van der Waals surface area (Å²) < 4.78 is 11.5. The van der Waals surface area contributed by atoms with Crippen molar-refractivity contribution >= 4 is 29.3 Å². The fraction of sp³-hybridized carbons (Fsp3) is 0.289. The van der Waals surface area contributed by atoms with Crippen LogP contribution in [0.4, 0.5) is 16.2 Å². The van der Waals surface area contributed by atoms with Crippen molar-refractivity contribution in [1.29, 1.82) is 0 Å². The largest absolute Gasteiger partial charge is 0.491 e. The van der Waals surface area contributed by atoms with Crippen LogP contribution in [0.25, 0.3) is 11.1 Å². The molecule has 3 amide bonds. The van der Waals surface area contributed by atoms with Gasteiger partial charge in [-0.15, -0.1) is 0 Å². The van der Waals surface area contributed by atoms with Gasteiger partial charge in [-0.05, 0) is 80.4 Å². The number of aryl methyl sites for hydroxylation is 1. The molecule has 1 heterocycles. The van der Waals surface area contributed by atoms with Gasteiger partial charge in [-0.1, -0.05) is 60.2 Å². The lowest BCUT2D eigenvalue weighted by Crippen LogP contribution is -2.47. The highest BCUT2D eigenvalue weighted by atomic mass is 16.6. The maximum atomic E-state index is 13.4. The molecule has 4 aromatic rings. The van der Waals surface area contributed by atoms with Crippen LogP contribution < -0.4 is 15.0 Å². The SMILES string of the molecule is Cc1ccc(-c2ccccc2C(=O)Nc2ccc(C(=O)N(C)c3ccccc3OCCCCOC(=O)N3CCN(C)CC3)cc2)cc1. The lowest BCUT2D eigenvalue weighted by atomic mass is 9.98. The van der Waals surface area contributed by atoms with Crippen molar-refractivity contribution in [3.05, 3.63) is 114 Å². The second-order valence-corrected chi connectivity index (χ2v) is 11.7. The number of ether oxygens (including phenoxy) is 2. The molecule has 47 heavy (non-hydrogen) atoms. The highest BCUT2D eigenvalue weighted by Gasteiger charge is 2.20. The zero-order valence-electron chi connectivity index (χ0n) is 27.3. The lowest BCUT2D eigenvalue weighted by molar-refractivity contribution is 0.0798. The molecule has 9 nitrogen and oxygen atoms in total. The molecule has 0 saturated carbocycles. The highest BCUT2D eigenvalue weighted by Crippen LogP contribution is 2.29. The molecule has 1 saturated heterocycles. The van der Waals surface area contributed by atoms with Crippen LogP contribution in [0.1, 0.15) is 39.1 Å². The van der Waals surface area contributed by atoms with Gasteiger partial charge in [0.1, 0.15) is 5.75 Å². The van der Waals surface area contributed by atoms with E-state index in [9.17, 15) is 14.4 Å². The summed E-state index contributed by atoms with van der Waals surface area (Å²) >= 11 is 0. The summed E-state index contributed by atoms with van der Waals surface area (Å²) in [6, 6.07) is 29.8. The second-order valence-electron chi connectivity index (χ2n) is 11.7. The van der Waals surface area contributed by atoms with Crippen molar-refractivity contribution in [3.63, 3.8) is 0 Å². The summed E-state index contributed by atoms with van der Waals surface area (Å²) in [5.74, 6) is 0.157. The van der Waals surface area contributed by atoms with E-state index in [4.69, 9.17) is 9.47 Å². The van der Waals surface area contributed by atoms with Gasteiger partial charge in [-0.3, -0.25) is 9.59 Å². The number of carbonyl (C=O) groups excluding carboxylic acids is 3. The molecular formula is C38H42N4O5. The summed E-state index contributed by atoms with van der Waals surface area (Å²) in [5.41, 5.74) is 5.25. The van der Waals surface area contributed by atoms with Gasteiger partial charge >= 0.3 is 6.09 Å². The molecule has 1 aliphatic heterocycles. The number of likely N-dealkylation sites (N-methyl/N-ethyl adjacent to an activating group) is 1. The Morgan fingerprint density at radius 2 is 1.45 bits per heavy atom. The number of para-hydroxylation sites is 2. The molecule has 0 spiro atoms. The fourth-order valence-corrected chi connectivity index (χ4v) is 5.35. The molecule has 9 heteroatoms. The second kappa shape index (κ2) is 15.9. The number of unbranched alkanes of at least 4 members (excludes halogenated alkanes) is 1. The summed E-state index contributed by atoms with van der Waals surface area (Å²) in [6.45, 7) is 5.87. The van der Waals surface area contributed by atoms with E-state index in [1.165, 1.54) is 0 Å². The first-order chi connectivity index (χ1) is 22.8. The predicted octanol–water partition coefficient (Wildman–Crippen LogP) is 6.73. The predicted molar refractivity (Wildman–Crippen MR) is 185 cm³/mol. The number of piperazine rings is 1. The Kier molecular flexibility index (Phi) is 11.2. The van der Waals surface area contributed by atoms with E-state index in [0.29, 0.717) is 67.4 Å². The first-order valence-electron chi connectivity index (χ1n) is 16.0. The van der Waals surface area contributed by atoms with Gasteiger partial charge in [0, 0.05) is 50.0 Å². The van der Waals surface area contributed by atoms with Gasteiger partial charge in [0.25, 0.3) is 11.8 Å². The Morgan fingerprint density at radius 3 is 2.19 bits per heavy atom. The van der Waals surface area contributed by atoms with Crippen LogP contribution in [-0.2, 0) is 4.74 Å². The molecule has 0 unspecified atom stereocenters. The van der Waals surface area contributed by atoms with E-state index in [2.05, 4.69) is 10.2 Å². The number of hydrogen-bond acceptors (Lipinski definition) is 6. The summed E-state index contributed by atoms with van der Waals surface area (Å²) in [6.07, 6.45) is 1.12. The number of anilines is 2. The van der Waals surface area contributed by atoms with Crippen molar-refractivity contribution in [3.8, 4) is 16.9 Å². The van der Waals surface area contributed by atoms with Gasteiger partial charge in [0.05, 0.1) is 18.9 Å². The average Bonchev–Trinajstić information content (AvgIpc) is 3.10. The zero-order chi connectivity index (χ0) is 33.2. The van der Waals surface area contributed by atoms with Crippen molar-refractivity contribution in [1.82, 2.24) is 9.80 Å². The fourth-order valence-electron chi connectivity index (χ4n) is 5.35. The maximum Gasteiger partial charge on any atom is 0.409 e. The topological polar surface area (TPSA) is 91.4 Å². The number of nitrogens with zero attached hydrogens (tertiary/aromatic N) is 3. The van der Waals surface area contributed by atoms with E-state index >= 15 is 0 Å². The van der Waals surface area contributed by atoms with Crippen molar-refractivity contribution < 1.29 is 23.9 Å². The first kappa shape index (κ1) is 33.2. The van der Waals surface area contributed by atoms with Crippen LogP contribution in [0.5, 0.6) is 5.75 Å². The van der Waals surface area contributed by atoms with E-state index in [-0.39, 0.29) is 17.9 Å². The van der Waals surface area contributed by atoms with E-state index < -0.39 is 0 Å². The third-order valence-corrected chi connectivity index (χ3v) is 8.24. The van der Waals surface area contributed by atoms with Crippen LogP contribution in [0, 0.1) is 6.92 Å². The number of hydrogen-bond donors (Lipinski definition) is 1. The molecule has 0 aliphatic carbocycles. The lowest BCUT2D eigenvalue weighted by Gasteiger charge is -2.31. The summed E-state index contributed by atoms with van der Waals surface area (Å²) in [4.78, 5) is 44.4. The minimum atomic E-state index is -0.261. The third-order valence-electron chi connectivity index (χ3n) is 8.24. The molecule has 0 aromatic heterocycles. The Hall–Kier alpha value is -5.15. The molecule has 0 radical (unpaired) electrons. The Labute approximate surface area is 276 Å². The molecule has 0 bridgehead atoms. The Bertz CT molecular complexity index is 1660. The molecule has 244 valence electrons. The molecule has 1 aliphatic rings. The van der Waals surface area contributed by atoms with Crippen LogP contribution in [0.3, 0.4) is 0 Å². The standard InChI is InChI=1S/C38H42N4O5/c1-28-14-16-29(17-15-28)32-10-4-5-11-33(32)36(43)39-31-20-18-30(19-21-31)37(44)41(3)34-12-6-7-13-35(34)46-26-8-9-27-47-38(45)42-24-22-40(2)23-25-42/h4-7,10-21H,8-9,22-27H2,1-3H3,(H,39,43). The van der Waals surface area contributed by atoms with Crippen LogP contribution >= 0.6 is 0 Å². The number of carbonyl (C=O) groups is 3. The van der Waals surface area contributed by atoms with Gasteiger partial charge in [0.15, 0.2) is 0 Å². The van der Waals surface area contributed by atoms with Crippen molar-refractivity contribution in [2.24, 2.45) is 0 Å². The van der Waals surface area contributed by atoms with Crippen LogP contribution in [0.15, 0.2) is 97.1 Å². The normalized spacial score (nSPS) is 13.1. The zero-order valence-corrected chi connectivity index (χ0v) is 27.3. The molecule has 4 aromatic carbocycles. The number of benzene rings is 4. The molecular weight excluding hydrogens is 592 g/mol. The minimum absolute atomic E-state index is 0.209. The summed E-state index contributed by atoms with van der Waals surface area (Å²) in [5, 5.41) is 2.96. The number of nitrogens with one attached hydrogen (secondary N) is 1. The molecule has 1 N–H and O–H groups in total. The van der Waals surface area contributed by atoms with Crippen molar-refractivity contribution in [2.45, 2.75) is 19.8 Å². The van der Waals surface area contributed by atoms with E-state index in [1.807, 2.05) is 80.7 Å². The quantitative estimate of drug-likeness (QED) is 0.184. The van der Waals surface area contributed by atoms with Crippen molar-refractivity contribution in [2.75, 3.05) is 63.7 Å². The van der Waals surface area contributed by atoms with Gasteiger partial charge in [-0.2, -0.15) is 0 Å². The number of amides is 3. The Balaban J connectivity index is 1.13. The van der Waals surface area contributed by atoms with Crippen LogP contribution in [0.2, 0.25) is 0 Å². The third kappa shape index (κ3) is 8.77. The Morgan fingerprint density at radius 1 is 0.787 bits per heavy atom. The highest BCUT2D eigenvalue weighted by molar-refractivity contribution is 6.09. The minimum Gasteiger partial charge on any atom is -0.491 e. The number of rotatable bonds is 11. The molecule has 5 rings (SSSR count). The van der Waals surface area contributed by atoms with E-state index in [1.54, 1.807) is 47.2 Å².